The number of fused-ring (bicyclic) bond motifs is 2. The second-order valence-corrected chi connectivity index (χ2v) is 5.30. The van der Waals surface area contributed by atoms with Crippen molar-refractivity contribution >= 4 is 0 Å². The van der Waals surface area contributed by atoms with Crippen LogP contribution in [0.2, 0.25) is 0 Å². The maximum Gasteiger partial charge on any atom is 0.0270 e. The second kappa shape index (κ2) is 5.15. The maximum atomic E-state index is 4.05. The Balaban J connectivity index is 1.45. The number of nitrogens with zero attached hydrogens (tertiary/aromatic N) is 2. The Bertz CT molecular complexity index is 352. The van der Waals surface area contributed by atoms with Crippen molar-refractivity contribution in [1.82, 2.24) is 15.2 Å². The van der Waals surface area contributed by atoms with Crippen LogP contribution in [0.3, 0.4) is 0 Å². The Kier molecular flexibility index (Phi) is 3.39. The van der Waals surface area contributed by atoms with Crippen molar-refractivity contribution in [2.45, 2.75) is 25.3 Å². The molecular formula is C14H21N3. The first-order valence-corrected chi connectivity index (χ1v) is 6.76. The van der Waals surface area contributed by atoms with E-state index in [1.54, 1.807) is 0 Å². The lowest BCUT2D eigenvalue weighted by molar-refractivity contribution is 0.222. The third-order valence-electron chi connectivity index (χ3n) is 4.20. The Morgan fingerprint density at radius 1 is 1.24 bits per heavy atom. The molecule has 2 saturated heterocycles. The minimum atomic E-state index is 0.760. The van der Waals surface area contributed by atoms with Gasteiger partial charge in [-0.1, -0.05) is 0 Å². The summed E-state index contributed by atoms with van der Waals surface area (Å²) in [5.41, 5.74) is 1.39. The maximum absolute atomic E-state index is 4.05. The van der Waals surface area contributed by atoms with Crippen LogP contribution in [-0.2, 0) is 6.42 Å². The van der Waals surface area contributed by atoms with Crippen LogP contribution in [0.4, 0.5) is 0 Å². The second-order valence-electron chi connectivity index (χ2n) is 5.30. The standard InChI is InChI=1S/C14H21N3/c1-6-15-7-2-12(1)3-8-16-14-5-10-17-9-4-13(14)11-17/h1-2,6-7,13-14,16H,3-5,8-11H2. The van der Waals surface area contributed by atoms with Gasteiger partial charge in [0.2, 0.25) is 0 Å². The predicted octanol–water partition coefficient (Wildman–Crippen LogP) is 1.31. The Hall–Kier alpha value is -0.930. The van der Waals surface area contributed by atoms with Crippen LogP contribution in [0.5, 0.6) is 0 Å². The summed E-state index contributed by atoms with van der Waals surface area (Å²) >= 11 is 0. The molecule has 0 amide bonds. The summed E-state index contributed by atoms with van der Waals surface area (Å²) in [6.07, 6.45) is 7.61. The van der Waals surface area contributed by atoms with E-state index in [1.807, 2.05) is 12.4 Å². The average molecular weight is 231 g/mol. The van der Waals surface area contributed by atoms with Crippen molar-refractivity contribution < 1.29 is 0 Å². The topological polar surface area (TPSA) is 28.2 Å². The number of hydrogen-bond acceptors (Lipinski definition) is 3. The first-order valence-electron chi connectivity index (χ1n) is 6.76. The monoisotopic (exact) mass is 231 g/mol. The largest absolute Gasteiger partial charge is 0.313 e. The van der Waals surface area contributed by atoms with Crippen LogP contribution in [0.1, 0.15) is 18.4 Å². The summed E-state index contributed by atoms with van der Waals surface area (Å²) in [4.78, 5) is 6.65. The van der Waals surface area contributed by atoms with E-state index in [0.717, 1.165) is 24.9 Å². The molecule has 3 nitrogen and oxygen atoms in total. The molecule has 3 atom stereocenters. The van der Waals surface area contributed by atoms with E-state index in [0.29, 0.717) is 0 Å². The number of hydrogen-bond donors (Lipinski definition) is 1. The lowest BCUT2D eigenvalue weighted by Crippen LogP contribution is -2.44. The van der Waals surface area contributed by atoms with Crippen LogP contribution in [0.15, 0.2) is 24.5 Å². The number of pyridine rings is 1. The van der Waals surface area contributed by atoms with Gasteiger partial charge in [-0.25, -0.2) is 0 Å². The van der Waals surface area contributed by atoms with Crippen molar-refractivity contribution in [3.05, 3.63) is 30.1 Å². The van der Waals surface area contributed by atoms with Crippen LogP contribution in [-0.4, -0.2) is 42.1 Å². The van der Waals surface area contributed by atoms with Gasteiger partial charge in [0.1, 0.15) is 0 Å². The molecule has 92 valence electrons. The summed E-state index contributed by atoms with van der Waals surface area (Å²) in [6.45, 7) is 5.05. The number of rotatable bonds is 4. The molecule has 1 aromatic heterocycles. The van der Waals surface area contributed by atoms with Crippen molar-refractivity contribution in [3.8, 4) is 0 Å². The van der Waals surface area contributed by atoms with Crippen LogP contribution >= 0.6 is 0 Å². The summed E-state index contributed by atoms with van der Waals surface area (Å²) in [5.74, 6) is 0.904. The highest BCUT2D eigenvalue weighted by molar-refractivity contribution is 5.10. The zero-order valence-corrected chi connectivity index (χ0v) is 10.3. The molecule has 1 N–H and O–H groups in total. The smallest absolute Gasteiger partial charge is 0.0270 e. The van der Waals surface area contributed by atoms with E-state index < -0.39 is 0 Å². The Labute approximate surface area is 103 Å². The first kappa shape index (κ1) is 11.2. The van der Waals surface area contributed by atoms with E-state index in [1.165, 1.54) is 38.0 Å². The predicted molar refractivity (Wildman–Crippen MR) is 68.9 cm³/mol. The number of aromatic nitrogens is 1. The van der Waals surface area contributed by atoms with Crippen molar-refractivity contribution in [2.24, 2.45) is 5.92 Å². The molecule has 2 fully saturated rings. The molecule has 3 rings (SSSR count). The highest BCUT2D eigenvalue weighted by Gasteiger charge is 2.33. The minimum absolute atomic E-state index is 0.760. The molecule has 2 aliphatic heterocycles. The van der Waals surface area contributed by atoms with Gasteiger partial charge in [-0.3, -0.25) is 4.98 Å². The fourth-order valence-electron chi connectivity index (χ4n) is 3.17. The zero-order valence-electron chi connectivity index (χ0n) is 10.3. The lowest BCUT2D eigenvalue weighted by atomic mass is 9.94. The average Bonchev–Trinajstić information content (AvgIpc) is 2.76. The normalized spacial score (nSPS) is 31.6. The molecule has 17 heavy (non-hydrogen) atoms. The molecule has 3 heterocycles. The van der Waals surface area contributed by atoms with Gasteiger partial charge in [-0.15, -0.1) is 0 Å². The molecule has 0 saturated carbocycles. The van der Waals surface area contributed by atoms with E-state index in [4.69, 9.17) is 0 Å². The van der Waals surface area contributed by atoms with Crippen molar-refractivity contribution in [2.75, 3.05) is 26.2 Å². The van der Waals surface area contributed by atoms with Crippen molar-refractivity contribution in [1.29, 1.82) is 0 Å². The highest BCUT2D eigenvalue weighted by Crippen LogP contribution is 2.26. The van der Waals surface area contributed by atoms with Gasteiger partial charge in [0.25, 0.3) is 0 Å². The quantitative estimate of drug-likeness (QED) is 0.847. The summed E-state index contributed by atoms with van der Waals surface area (Å²) in [5, 5.41) is 3.75. The Morgan fingerprint density at radius 2 is 2.06 bits per heavy atom. The van der Waals surface area contributed by atoms with Gasteiger partial charge in [0.05, 0.1) is 0 Å². The van der Waals surface area contributed by atoms with E-state index in [-0.39, 0.29) is 0 Å². The molecule has 1 aromatic rings. The molecule has 0 aromatic carbocycles. The van der Waals surface area contributed by atoms with Gasteiger partial charge >= 0.3 is 0 Å². The summed E-state index contributed by atoms with van der Waals surface area (Å²) < 4.78 is 0. The molecule has 3 heteroatoms. The van der Waals surface area contributed by atoms with Crippen LogP contribution in [0, 0.1) is 5.92 Å². The SMILES string of the molecule is c1cc(CCNC2CCN3CCC2C3)ccn1. The molecule has 2 bridgehead atoms. The number of piperidine rings is 1. The first-order chi connectivity index (χ1) is 8.42. The molecule has 0 radical (unpaired) electrons. The van der Waals surface area contributed by atoms with Crippen LogP contribution in [0.25, 0.3) is 0 Å². The third kappa shape index (κ3) is 2.67. The lowest BCUT2D eigenvalue weighted by Gasteiger charge is -2.31. The molecule has 0 spiro atoms. The fraction of sp³-hybridized carbons (Fsp3) is 0.643. The molecule has 0 aliphatic carbocycles. The van der Waals surface area contributed by atoms with Crippen LogP contribution < -0.4 is 5.32 Å². The van der Waals surface area contributed by atoms with Gasteiger partial charge in [0.15, 0.2) is 0 Å². The van der Waals surface area contributed by atoms with E-state index >= 15 is 0 Å². The van der Waals surface area contributed by atoms with Crippen molar-refractivity contribution in [3.63, 3.8) is 0 Å². The minimum Gasteiger partial charge on any atom is -0.313 e. The summed E-state index contributed by atoms with van der Waals surface area (Å²) in [7, 11) is 0. The number of nitrogens with one attached hydrogen (secondary N) is 1. The van der Waals surface area contributed by atoms with Gasteiger partial charge < -0.3 is 10.2 Å². The van der Waals surface area contributed by atoms with E-state index in [9.17, 15) is 0 Å². The summed E-state index contributed by atoms with van der Waals surface area (Å²) in [6, 6.07) is 4.98. The van der Waals surface area contributed by atoms with Gasteiger partial charge in [-0.05, 0) is 62.5 Å². The van der Waals surface area contributed by atoms with Gasteiger partial charge in [0, 0.05) is 25.0 Å². The van der Waals surface area contributed by atoms with Gasteiger partial charge in [-0.2, -0.15) is 0 Å². The molecule has 3 unspecified atom stereocenters. The van der Waals surface area contributed by atoms with E-state index in [2.05, 4.69) is 27.3 Å². The Morgan fingerprint density at radius 3 is 2.94 bits per heavy atom. The zero-order chi connectivity index (χ0) is 11.5. The molecule has 2 aliphatic rings. The highest BCUT2D eigenvalue weighted by atomic mass is 15.2. The fourth-order valence-corrected chi connectivity index (χ4v) is 3.17. The third-order valence-corrected chi connectivity index (χ3v) is 4.20. The molecular weight excluding hydrogens is 210 g/mol.